The number of amides is 1. The van der Waals surface area contributed by atoms with Crippen LogP contribution in [0.4, 0.5) is 13.2 Å². The molecule has 0 spiro atoms. The number of carbonyl (C=O) groups excluding carboxylic acids is 1. The number of rotatable bonds is 5. The van der Waals surface area contributed by atoms with Crippen molar-refractivity contribution in [2.75, 3.05) is 19.6 Å². The van der Waals surface area contributed by atoms with E-state index >= 15 is 0 Å². The zero-order valence-electron chi connectivity index (χ0n) is 14.0. The number of nitrogens with zero attached hydrogens (tertiary/aromatic N) is 3. The number of aryl methyl sites for hydroxylation is 1. The number of likely N-dealkylation sites (tertiary alicyclic amines) is 1. The summed E-state index contributed by atoms with van der Waals surface area (Å²) in [6.07, 6.45) is -2.17. The zero-order chi connectivity index (χ0) is 17.7. The average molecular weight is 344 g/mol. The lowest BCUT2D eigenvalue weighted by Gasteiger charge is -2.30. The van der Waals surface area contributed by atoms with E-state index in [2.05, 4.69) is 27.1 Å². The molecule has 24 heavy (non-hydrogen) atoms. The van der Waals surface area contributed by atoms with Crippen molar-refractivity contribution in [3.8, 4) is 0 Å². The number of nitrogens with one attached hydrogen (secondary N) is 1. The molecule has 1 amide bonds. The Morgan fingerprint density at radius 3 is 2.58 bits per heavy atom. The summed E-state index contributed by atoms with van der Waals surface area (Å²) < 4.78 is 38.2. The average Bonchev–Trinajstić information content (AvgIpc) is 2.52. The second-order valence-corrected chi connectivity index (χ2v) is 6.17. The van der Waals surface area contributed by atoms with E-state index in [0.29, 0.717) is 12.3 Å². The largest absolute Gasteiger partial charge is 0.433 e. The fourth-order valence-corrected chi connectivity index (χ4v) is 2.87. The monoisotopic (exact) mass is 344 g/mol. The lowest BCUT2D eigenvalue weighted by Crippen LogP contribution is -2.35. The Labute approximate surface area is 139 Å². The molecule has 0 aromatic carbocycles. The third kappa shape index (κ3) is 5.43. The number of halogens is 3. The van der Waals surface area contributed by atoms with Crippen LogP contribution in [0.2, 0.25) is 0 Å². The maximum atomic E-state index is 12.7. The fraction of sp³-hybridized carbons (Fsp3) is 0.688. The molecule has 134 valence electrons. The predicted molar refractivity (Wildman–Crippen MR) is 83.1 cm³/mol. The van der Waals surface area contributed by atoms with Crippen molar-refractivity contribution >= 4 is 5.91 Å². The van der Waals surface area contributed by atoms with E-state index in [0.717, 1.165) is 38.5 Å². The van der Waals surface area contributed by atoms with Gasteiger partial charge in [0.05, 0.1) is 6.54 Å². The first-order chi connectivity index (χ1) is 11.3. The normalized spacial score (nSPS) is 17.0. The van der Waals surface area contributed by atoms with Gasteiger partial charge in [-0.25, -0.2) is 9.97 Å². The van der Waals surface area contributed by atoms with Crippen LogP contribution in [0.15, 0.2) is 6.07 Å². The number of hydrogen-bond donors (Lipinski definition) is 1. The molecule has 1 aliphatic heterocycles. The molecule has 1 fully saturated rings. The van der Waals surface area contributed by atoms with Crippen molar-refractivity contribution < 1.29 is 18.0 Å². The first-order valence-electron chi connectivity index (χ1n) is 8.18. The zero-order valence-corrected chi connectivity index (χ0v) is 14.0. The Bertz CT molecular complexity index is 569. The van der Waals surface area contributed by atoms with Crippen LogP contribution in [0.25, 0.3) is 0 Å². The van der Waals surface area contributed by atoms with Gasteiger partial charge < -0.3 is 10.2 Å². The Balaban J connectivity index is 1.85. The van der Waals surface area contributed by atoms with Crippen LogP contribution >= 0.6 is 0 Å². The van der Waals surface area contributed by atoms with Crippen molar-refractivity contribution in [3.63, 3.8) is 0 Å². The Morgan fingerprint density at radius 2 is 2.00 bits per heavy atom. The molecule has 0 bridgehead atoms. The molecule has 2 rings (SSSR count). The van der Waals surface area contributed by atoms with E-state index in [9.17, 15) is 18.0 Å². The van der Waals surface area contributed by atoms with Crippen LogP contribution in [0, 0.1) is 12.8 Å². The minimum Gasteiger partial charge on any atom is -0.349 e. The van der Waals surface area contributed by atoms with E-state index in [1.807, 2.05) is 0 Å². The maximum absolute atomic E-state index is 12.7. The van der Waals surface area contributed by atoms with Gasteiger partial charge in [0.25, 0.3) is 0 Å². The van der Waals surface area contributed by atoms with Crippen LogP contribution in [0.1, 0.15) is 43.4 Å². The Morgan fingerprint density at radius 1 is 1.33 bits per heavy atom. The molecule has 0 radical (unpaired) electrons. The number of carbonyl (C=O) groups is 1. The highest BCUT2D eigenvalue weighted by atomic mass is 19.4. The van der Waals surface area contributed by atoms with Crippen LogP contribution < -0.4 is 5.32 Å². The summed E-state index contributed by atoms with van der Waals surface area (Å²) in [6, 6.07) is 0.896. The van der Waals surface area contributed by atoms with Crippen molar-refractivity contribution in [3.05, 3.63) is 23.3 Å². The second kappa shape index (κ2) is 7.92. The van der Waals surface area contributed by atoms with Gasteiger partial charge in [0.2, 0.25) is 5.91 Å². The highest BCUT2D eigenvalue weighted by Gasteiger charge is 2.33. The molecule has 1 aromatic rings. The second-order valence-electron chi connectivity index (χ2n) is 6.17. The van der Waals surface area contributed by atoms with E-state index in [1.54, 1.807) is 0 Å². The summed E-state index contributed by atoms with van der Waals surface area (Å²) in [5.41, 5.74) is -0.750. The molecule has 1 aromatic heterocycles. The number of aromatic nitrogens is 2. The van der Waals surface area contributed by atoms with Crippen LogP contribution in [0.5, 0.6) is 0 Å². The van der Waals surface area contributed by atoms with Gasteiger partial charge in [0.1, 0.15) is 11.5 Å². The van der Waals surface area contributed by atoms with Gasteiger partial charge in [-0.3, -0.25) is 4.79 Å². The van der Waals surface area contributed by atoms with Crippen LogP contribution in [-0.4, -0.2) is 40.4 Å². The molecule has 0 aliphatic carbocycles. The minimum atomic E-state index is -4.51. The van der Waals surface area contributed by atoms with Gasteiger partial charge in [-0.2, -0.15) is 13.2 Å². The highest BCUT2D eigenvalue weighted by Crippen LogP contribution is 2.27. The van der Waals surface area contributed by atoms with Crippen molar-refractivity contribution in [2.45, 2.75) is 45.8 Å². The van der Waals surface area contributed by atoms with E-state index in [1.165, 1.54) is 6.92 Å². The molecule has 0 atom stereocenters. The van der Waals surface area contributed by atoms with Crippen molar-refractivity contribution in [1.82, 2.24) is 20.2 Å². The van der Waals surface area contributed by atoms with Crippen molar-refractivity contribution in [2.24, 2.45) is 5.92 Å². The first-order valence-corrected chi connectivity index (χ1v) is 8.18. The molecule has 5 nitrogen and oxygen atoms in total. The fourth-order valence-electron chi connectivity index (χ4n) is 2.87. The molecule has 1 N–H and O–H groups in total. The molecule has 1 saturated heterocycles. The number of alkyl halides is 3. The standard InChI is InChI=1S/C16H23F3N4O/c1-3-23-6-4-12(5-7-23)9-15(24)20-10-14-21-11(2)8-13(22-14)16(17,18)19/h8,12H,3-7,9-10H2,1-2H3,(H,20,24). The summed E-state index contributed by atoms with van der Waals surface area (Å²) in [4.78, 5) is 21.8. The highest BCUT2D eigenvalue weighted by molar-refractivity contribution is 5.76. The van der Waals surface area contributed by atoms with Gasteiger partial charge in [0.15, 0.2) is 0 Å². The minimum absolute atomic E-state index is 0.0172. The van der Waals surface area contributed by atoms with Crippen molar-refractivity contribution in [1.29, 1.82) is 0 Å². The first kappa shape index (κ1) is 18.6. The summed E-state index contributed by atoms with van der Waals surface area (Å²) in [5, 5.41) is 2.63. The third-order valence-corrected chi connectivity index (χ3v) is 4.26. The molecule has 1 aliphatic rings. The lowest BCUT2D eigenvalue weighted by atomic mass is 9.93. The summed E-state index contributed by atoms with van der Waals surface area (Å²) in [6.45, 7) is 6.51. The molecular formula is C16H23F3N4O. The quantitative estimate of drug-likeness (QED) is 0.892. The van der Waals surface area contributed by atoms with Crippen LogP contribution in [-0.2, 0) is 17.5 Å². The third-order valence-electron chi connectivity index (χ3n) is 4.26. The summed E-state index contributed by atoms with van der Waals surface area (Å²) in [5.74, 6) is 0.150. The number of hydrogen-bond acceptors (Lipinski definition) is 4. The van der Waals surface area contributed by atoms with Gasteiger partial charge >= 0.3 is 6.18 Å². The Hall–Kier alpha value is -1.70. The molecule has 2 heterocycles. The molecule has 0 saturated carbocycles. The van der Waals surface area contributed by atoms with Gasteiger partial charge in [-0.15, -0.1) is 0 Å². The SMILES string of the molecule is CCN1CCC(CC(=O)NCc2nc(C)cc(C(F)(F)F)n2)CC1. The summed E-state index contributed by atoms with van der Waals surface area (Å²) in [7, 11) is 0. The molecule has 8 heteroatoms. The molecule has 0 unspecified atom stereocenters. The molecular weight excluding hydrogens is 321 g/mol. The van der Waals surface area contributed by atoms with E-state index in [-0.39, 0.29) is 24.0 Å². The summed E-state index contributed by atoms with van der Waals surface area (Å²) >= 11 is 0. The van der Waals surface area contributed by atoms with Gasteiger partial charge in [-0.1, -0.05) is 6.92 Å². The lowest BCUT2D eigenvalue weighted by molar-refractivity contribution is -0.141. The predicted octanol–water partition coefficient (Wildman–Crippen LogP) is 2.54. The number of piperidine rings is 1. The maximum Gasteiger partial charge on any atom is 0.433 e. The Kier molecular flexibility index (Phi) is 6.15. The van der Waals surface area contributed by atoms with Gasteiger partial charge in [0, 0.05) is 12.1 Å². The smallest absolute Gasteiger partial charge is 0.349 e. The van der Waals surface area contributed by atoms with E-state index < -0.39 is 11.9 Å². The van der Waals surface area contributed by atoms with Gasteiger partial charge in [-0.05, 0) is 51.4 Å². The topological polar surface area (TPSA) is 58.1 Å². The van der Waals surface area contributed by atoms with E-state index in [4.69, 9.17) is 0 Å². The van der Waals surface area contributed by atoms with Crippen LogP contribution in [0.3, 0.4) is 0 Å².